The average molecular weight is 397 g/mol. The summed E-state index contributed by atoms with van der Waals surface area (Å²) in [6, 6.07) is 4.00. The summed E-state index contributed by atoms with van der Waals surface area (Å²) < 4.78 is 1.57. The van der Waals surface area contributed by atoms with Crippen molar-refractivity contribution in [2.24, 2.45) is 0 Å². The van der Waals surface area contributed by atoms with E-state index < -0.39 is 0 Å². The normalized spacial score (nSPS) is 14.4. The Labute approximate surface area is 168 Å². The first kappa shape index (κ1) is 19.2. The molecule has 0 aromatic carbocycles. The molecular formula is C19H27N9O. The molecule has 4 rings (SSSR count). The van der Waals surface area contributed by atoms with Crippen LogP contribution in [0.5, 0.6) is 0 Å². The molecule has 3 aromatic rings. The minimum Gasteiger partial charge on any atom is -0.382 e. The number of piperazine rings is 1. The standard InChI is InChI=1S/C19H27N9O/c1-2-3-6-22-18-25-16(20)15-17(26-18)28(19(29)24-15)12-13-4-5-14(23-11-13)27-9-7-21-8-10-27/h4-5,11,21H,2-3,6-10,12H2,1H3,(H,24,29)(H3,20,22,25,26). The number of pyridine rings is 1. The molecule has 5 N–H and O–H groups in total. The predicted octanol–water partition coefficient (Wildman–Crippen LogP) is 0.767. The third-order valence-electron chi connectivity index (χ3n) is 5.05. The van der Waals surface area contributed by atoms with Gasteiger partial charge in [-0.15, -0.1) is 0 Å². The zero-order chi connectivity index (χ0) is 20.2. The highest BCUT2D eigenvalue weighted by Gasteiger charge is 2.15. The SMILES string of the molecule is CCCCNc1nc(N)c2[nH]c(=O)n(Cc3ccc(N4CCNCC4)nc3)c2n1. The molecule has 1 saturated heterocycles. The highest BCUT2D eigenvalue weighted by molar-refractivity contribution is 5.82. The third-order valence-corrected chi connectivity index (χ3v) is 5.05. The largest absolute Gasteiger partial charge is 0.382 e. The quantitative estimate of drug-likeness (QED) is 0.430. The lowest BCUT2D eigenvalue weighted by molar-refractivity contribution is 0.585. The number of nitrogens with one attached hydrogen (secondary N) is 3. The van der Waals surface area contributed by atoms with Crippen molar-refractivity contribution in [3.8, 4) is 0 Å². The van der Waals surface area contributed by atoms with Gasteiger partial charge >= 0.3 is 5.69 Å². The lowest BCUT2D eigenvalue weighted by Gasteiger charge is -2.28. The number of aromatic nitrogens is 5. The highest BCUT2D eigenvalue weighted by Crippen LogP contribution is 2.18. The van der Waals surface area contributed by atoms with E-state index in [1.54, 1.807) is 4.57 Å². The molecule has 10 nitrogen and oxygen atoms in total. The molecule has 10 heteroatoms. The van der Waals surface area contributed by atoms with Crippen LogP contribution in [0.1, 0.15) is 25.3 Å². The number of hydrogen-bond donors (Lipinski definition) is 4. The Balaban J connectivity index is 1.58. The van der Waals surface area contributed by atoms with Crippen molar-refractivity contribution < 1.29 is 0 Å². The molecule has 154 valence electrons. The van der Waals surface area contributed by atoms with Crippen LogP contribution >= 0.6 is 0 Å². The van der Waals surface area contributed by atoms with Crippen molar-refractivity contribution in [1.82, 2.24) is 29.8 Å². The number of anilines is 3. The number of nitrogens with zero attached hydrogens (tertiary/aromatic N) is 5. The van der Waals surface area contributed by atoms with E-state index in [1.165, 1.54) is 0 Å². The molecule has 0 bridgehead atoms. The summed E-state index contributed by atoms with van der Waals surface area (Å²) in [4.78, 5) is 30.9. The van der Waals surface area contributed by atoms with E-state index in [4.69, 9.17) is 5.73 Å². The van der Waals surface area contributed by atoms with Crippen LogP contribution in [0.2, 0.25) is 0 Å². The number of hydrogen-bond acceptors (Lipinski definition) is 8. The van der Waals surface area contributed by atoms with Gasteiger partial charge in [0.05, 0.1) is 6.54 Å². The minimum atomic E-state index is -0.266. The van der Waals surface area contributed by atoms with Crippen LogP contribution in [-0.2, 0) is 6.54 Å². The Morgan fingerprint density at radius 2 is 2.07 bits per heavy atom. The van der Waals surface area contributed by atoms with Crippen LogP contribution in [0.25, 0.3) is 11.2 Å². The van der Waals surface area contributed by atoms with Gasteiger partial charge in [0.25, 0.3) is 0 Å². The molecule has 3 aromatic heterocycles. The minimum absolute atomic E-state index is 0.261. The molecule has 1 aliphatic heterocycles. The number of unbranched alkanes of at least 4 members (excludes halogenated alkanes) is 1. The van der Waals surface area contributed by atoms with Gasteiger partial charge < -0.3 is 26.3 Å². The van der Waals surface area contributed by atoms with Crippen molar-refractivity contribution in [3.63, 3.8) is 0 Å². The fraction of sp³-hybridized carbons (Fsp3) is 0.474. The van der Waals surface area contributed by atoms with Gasteiger partial charge in [-0.05, 0) is 18.1 Å². The van der Waals surface area contributed by atoms with Crippen molar-refractivity contribution in [2.45, 2.75) is 26.3 Å². The van der Waals surface area contributed by atoms with Gasteiger partial charge in [-0.25, -0.2) is 9.78 Å². The maximum atomic E-state index is 12.5. The van der Waals surface area contributed by atoms with Crippen molar-refractivity contribution >= 4 is 28.7 Å². The summed E-state index contributed by atoms with van der Waals surface area (Å²) >= 11 is 0. The van der Waals surface area contributed by atoms with E-state index in [-0.39, 0.29) is 11.5 Å². The van der Waals surface area contributed by atoms with Crippen molar-refractivity contribution in [3.05, 3.63) is 34.4 Å². The Morgan fingerprint density at radius 1 is 1.24 bits per heavy atom. The zero-order valence-electron chi connectivity index (χ0n) is 16.6. The Kier molecular flexibility index (Phi) is 5.61. The van der Waals surface area contributed by atoms with E-state index in [0.29, 0.717) is 23.7 Å². The molecule has 0 saturated carbocycles. The lowest BCUT2D eigenvalue weighted by Crippen LogP contribution is -2.43. The third kappa shape index (κ3) is 4.16. The zero-order valence-corrected chi connectivity index (χ0v) is 16.6. The summed E-state index contributed by atoms with van der Waals surface area (Å²) in [6.07, 6.45) is 3.89. The van der Waals surface area contributed by atoms with Crippen LogP contribution in [0.4, 0.5) is 17.6 Å². The number of imidazole rings is 1. The van der Waals surface area contributed by atoms with Gasteiger partial charge in [0.2, 0.25) is 5.95 Å². The van der Waals surface area contributed by atoms with Gasteiger partial charge in [-0.3, -0.25) is 4.57 Å². The van der Waals surface area contributed by atoms with E-state index in [0.717, 1.165) is 56.9 Å². The van der Waals surface area contributed by atoms with Gasteiger partial charge in [-0.1, -0.05) is 19.4 Å². The van der Waals surface area contributed by atoms with E-state index in [1.807, 2.05) is 18.3 Å². The van der Waals surface area contributed by atoms with Crippen LogP contribution in [0.15, 0.2) is 23.1 Å². The maximum absolute atomic E-state index is 12.5. The second kappa shape index (κ2) is 8.48. The smallest absolute Gasteiger partial charge is 0.328 e. The molecule has 1 fully saturated rings. The fourth-order valence-corrected chi connectivity index (χ4v) is 3.43. The number of nitrogen functional groups attached to an aromatic ring is 1. The number of nitrogens with two attached hydrogens (primary N) is 1. The monoisotopic (exact) mass is 397 g/mol. The maximum Gasteiger partial charge on any atom is 0.328 e. The Hall–Kier alpha value is -3.14. The first-order valence-corrected chi connectivity index (χ1v) is 10.1. The van der Waals surface area contributed by atoms with Crippen LogP contribution in [-0.4, -0.2) is 57.2 Å². The lowest BCUT2D eigenvalue weighted by atomic mass is 10.2. The fourth-order valence-electron chi connectivity index (χ4n) is 3.43. The van der Waals surface area contributed by atoms with Gasteiger partial charge in [-0.2, -0.15) is 9.97 Å². The molecule has 0 aliphatic carbocycles. The molecular weight excluding hydrogens is 370 g/mol. The van der Waals surface area contributed by atoms with Gasteiger partial charge in [0.15, 0.2) is 11.5 Å². The second-order valence-electron chi connectivity index (χ2n) is 7.19. The number of fused-ring (bicyclic) bond motifs is 1. The summed E-state index contributed by atoms with van der Waals surface area (Å²) in [5, 5.41) is 6.50. The Morgan fingerprint density at radius 3 is 2.79 bits per heavy atom. The first-order chi connectivity index (χ1) is 14.2. The van der Waals surface area contributed by atoms with Crippen LogP contribution in [0, 0.1) is 0 Å². The Bertz CT molecular complexity index is 1020. The van der Waals surface area contributed by atoms with Crippen molar-refractivity contribution in [1.29, 1.82) is 0 Å². The summed E-state index contributed by atoms with van der Waals surface area (Å²) in [7, 11) is 0. The topological polar surface area (TPSA) is 130 Å². The molecule has 0 spiro atoms. The first-order valence-electron chi connectivity index (χ1n) is 10.1. The molecule has 29 heavy (non-hydrogen) atoms. The summed E-state index contributed by atoms with van der Waals surface area (Å²) in [5.74, 6) is 1.65. The molecule has 0 unspecified atom stereocenters. The summed E-state index contributed by atoms with van der Waals surface area (Å²) in [6.45, 7) is 7.04. The van der Waals surface area contributed by atoms with E-state index in [2.05, 4.69) is 42.4 Å². The predicted molar refractivity (Wildman–Crippen MR) is 114 cm³/mol. The van der Waals surface area contributed by atoms with Crippen LogP contribution in [0.3, 0.4) is 0 Å². The number of rotatable bonds is 7. The molecule has 1 aliphatic rings. The average Bonchev–Trinajstić information content (AvgIpc) is 3.05. The molecule has 0 radical (unpaired) electrons. The number of H-pyrrole nitrogens is 1. The molecule has 0 atom stereocenters. The molecule has 0 amide bonds. The van der Waals surface area contributed by atoms with Gasteiger partial charge in [0.1, 0.15) is 11.3 Å². The highest BCUT2D eigenvalue weighted by atomic mass is 16.1. The summed E-state index contributed by atoms with van der Waals surface area (Å²) in [5.41, 5.74) is 7.65. The van der Waals surface area contributed by atoms with E-state index >= 15 is 0 Å². The van der Waals surface area contributed by atoms with E-state index in [9.17, 15) is 4.79 Å². The van der Waals surface area contributed by atoms with Crippen molar-refractivity contribution in [2.75, 3.05) is 48.7 Å². The second-order valence-corrected chi connectivity index (χ2v) is 7.19. The number of aromatic amines is 1. The van der Waals surface area contributed by atoms with Gasteiger partial charge in [0, 0.05) is 38.9 Å². The molecule has 4 heterocycles. The van der Waals surface area contributed by atoms with Crippen LogP contribution < -0.4 is 27.0 Å².